The van der Waals surface area contributed by atoms with Crippen molar-refractivity contribution in [1.29, 1.82) is 0 Å². The molecule has 9 aromatic rings. The summed E-state index contributed by atoms with van der Waals surface area (Å²) in [6, 6.07) is 63.9. The summed E-state index contributed by atoms with van der Waals surface area (Å²) in [6.07, 6.45) is 2.34. The number of rotatable bonds is 3. The fourth-order valence-corrected chi connectivity index (χ4v) is 12.3. The first-order valence-corrected chi connectivity index (χ1v) is 22.3. The minimum Gasteiger partial charge on any atom is -0.466 e. The van der Waals surface area contributed by atoms with Gasteiger partial charge in [0.05, 0.1) is 11.1 Å². The van der Waals surface area contributed by atoms with Crippen LogP contribution >= 0.6 is 0 Å². The quantitative estimate of drug-likeness (QED) is 0.166. The van der Waals surface area contributed by atoms with Crippen molar-refractivity contribution in [3.05, 3.63) is 209 Å². The van der Waals surface area contributed by atoms with Gasteiger partial charge in [-0.3, -0.25) is 0 Å². The zero-order valence-electron chi connectivity index (χ0n) is 36.0. The van der Waals surface area contributed by atoms with Crippen molar-refractivity contribution in [3.8, 4) is 11.1 Å². The number of hydrogen-bond donors (Lipinski definition) is 0. The van der Waals surface area contributed by atoms with Crippen molar-refractivity contribution in [3.63, 3.8) is 0 Å². The third-order valence-corrected chi connectivity index (χ3v) is 15.2. The number of hydrogen-bond acceptors (Lipinski definition) is 3. The largest absolute Gasteiger partial charge is 0.466 e. The second kappa shape index (κ2) is 12.4. The number of nitrogens with zero attached hydrogens (tertiary/aromatic N) is 2. The van der Waals surface area contributed by atoms with Gasteiger partial charge < -0.3 is 14.1 Å². The number of para-hydroxylation sites is 3. The highest BCUT2D eigenvalue weighted by Crippen LogP contribution is 2.61. The smallest absolute Gasteiger partial charge is 0.375 e. The van der Waals surface area contributed by atoms with E-state index in [4.69, 9.17) is 4.42 Å². The molecule has 4 heterocycles. The topological polar surface area (TPSA) is 19.6 Å². The molecular formula is C58H47BN2O. The van der Waals surface area contributed by atoms with E-state index in [0.29, 0.717) is 0 Å². The zero-order chi connectivity index (χ0) is 41.7. The summed E-state index contributed by atoms with van der Waals surface area (Å²) in [5.41, 5.74) is 20.6. The van der Waals surface area contributed by atoms with Crippen LogP contribution in [0.25, 0.3) is 32.9 Å². The average Bonchev–Trinajstić information content (AvgIpc) is 3.69. The lowest BCUT2D eigenvalue weighted by Gasteiger charge is -2.52. The van der Waals surface area contributed by atoms with E-state index in [1.54, 1.807) is 0 Å². The highest BCUT2D eigenvalue weighted by molar-refractivity contribution is 6.93. The maximum Gasteiger partial charge on any atom is 0.375 e. The Hall–Kier alpha value is -6.78. The first-order valence-electron chi connectivity index (χ1n) is 22.3. The number of anilines is 5. The van der Waals surface area contributed by atoms with Gasteiger partial charge in [-0.25, -0.2) is 0 Å². The molecule has 0 unspecified atom stereocenters. The van der Waals surface area contributed by atoms with Gasteiger partial charge in [0, 0.05) is 33.7 Å². The van der Waals surface area contributed by atoms with Crippen molar-refractivity contribution in [2.75, 3.05) is 9.71 Å². The van der Waals surface area contributed by atoms with Crippen LogP contribution in [-0.2, 0) is 16.2 Å². The Kier molecular flexibility index (Phi) is 7.20. The summed E-state index contributed by atoms with van der Waals surface area (Å²) in [5, 5.41) is 3.63. The van der Waals surface area contributed by atoms with Crippen molar-refractivity contribution >= 4 is 68.1 Å². The fourth-order valence-electron chi connectivity index (χ4n) is 12.3. The molecule has 0 amide bonds. The van der Waals surface area contributed by atoms with Crippen LogP contribution in [-0.4, -0.2) is 6.85 Å². The van der Waals surface area contributed by atoms with E-state index in [0.717, 1.165) is 28.7 Å². The summed E-state index contributed by atoms with van der Waals surface area (Å²) in [7, 11) is 0. The molecule has 3 nitrogen and oxygen atoms in total. The summed E-state index contributed by atoms with van der Waals surface area (Å²) in [6.45, 7) is 11.8. The Labute approximate surface area is 364 Å². The van der Waals surface area contributed by atoms with Gasteiger partial charge in [0.25, 0.3) is 0 Å². The Bertz CT molecular complexity index is 3300. The van der Waals surface area contributed by atoms with E-state index in [1.165, 1.54) is 95.5 Å². The minimum atomic E-state index is -0.579. The van der Waals surface area contributed by atoms with Gasteiger partial charge in [0.2, 0.25) is 0 Å². The molecule has 0 atom stereocenters. The van der Waals surface area contributed by atoms with E-state index < -0.39 is 5.41 Å². The fraction of sp³-hybridized carbons (Fsp3) is 0.172. The molecule has 8 aromatic carbocycles. The van der Waals surface area contributed by atoms with Crippen molar-refractivity contribution in [2.24, 2.45) is 0 Å². The molecule has 0 radical (unpaired) electrons. The summed E-state index contributed by atoms with van der Waals surface area (Å²) in [4.78, 5) is 5.26. The Morgan fingerprint density at radius 3 is 1.87 bits per heavy atom. The molecule has 298 valence electrons. The lowest BCUT2D eigenvalue weighted by molar-refractivity contribution is 0.332. The number of fused-ring (bicyclic) bond motifs is 11. The summed E-state index contributed by atoms with van der Waals surface area (Å²) < 4.78 is 7.39. The van der Waals surface area contributed by atoms with E-state index in [9.17, 15) is 0 Å². The van der Waals surface area contributed by atoms with Gasteiger partial charge in [-0.15, -0.1) is 0 Å². The maximum absolute atomic E-state index is 7.39. The number of aryl methyl sites for hydroxylation is 1. The van der Waals surface area contributed by atoms with Crippen LogP contribution in [0.4, 0.5) is 28.4 Å². The van der Waals surface area contributed by atoms with Gasteiger partial charge in [-0.05, 0) is 122 Å². The van der Waals surface area contributed by atoms with Gasteiger partial charge in [0.1, 0.15) is 11.2 Å². The molecule has 3 aliphatic heterocycles. The molecule has 1 aliphatic carbocycles. The molecule has 0 saturated carbocycles. The molecular weight excluding hydrogens is 751 g/mol. The van der Waals surface area contributed by atoms with Gasteiger partial charge in [-0.2, -0.15) is 0 Å². The molecule has 0 spiro atoms. The van der Waals surface area contributed by atoms with E-state index >= 15 is 0 Å². The van der Waals surface area contributed by atoms with Crippen LogP contribution in [0.3, 0.4) is 0 Å². The second-order valence-electron chi connectivity index (χ2n) is 19.5. The second-order valence-corrected chi connectivity index (χ2v) is 19.5. The molecule has 1 aromatic heterocycles. The third kappa shape index (κ3) is 4.52. The Balaban J connectivity index is 1.21. The molecule has 0 N–H and O–H groups in total. The van der Waals surface area contributed by atoms with Gasteiger partial charge >= 0.3 is 6.85 Å². The monoisotopic (exact) mass is 798 g/mol. The van der Waals surface area contributed by atoms with Crippen LogP contribution in [0.1, 0.15) is 79.5 Å². The number of furan rings is 1. The average molecular weight is 799 g/mol. The predicted molar refractivity (Wildman–Crippen MR) is 259 cm³/mol. The van der Waals surface area contributed by atoms with Gasteiger partial charge in [-0.1, -0.05) is 167 Å². The standard InChI is InChI=1S/C58H47BN2O/c1-36-33-45-46(57(4,5)32-31-56(45,2)3)35-48(36)60-49-34-37-19-12-13-24-40(37)51-42-26-18-28-44-53(42)61(59(52(49)51)55-54(60)41-25-14-17-30-50(41)62-55)47-29-16-15-27-43(47)58(44,38-20-8-6-9-21-38)39-22-10-7-11-23-39/h6-30,33-35H,31-32H2,1-5H3. The van der Waals surface area contributed by atoms with Crippen molar-refractivity contribution < 1.29 is 4.42 Å². The van der Waals surface area contributed by atoms with Crippen LogP contribution in [0, 0.1) is 6.92 Å². The lowest BCUT2D eigenvalue weighted by Crippen LogP contribution is -2.63. The predicted octanol–water partition coefficient (Wildman–Crippen LogP) is 13.6. The highest BCUT2D eigenvalue weighted by Gasteiger charge is 2.55. The minimum absolute atomic E-state index is 0.0482. The lowest BCUT2D eigenvalue weighted by atomic mass is 9.44. The Morgan fingerprint density at radius 2 is 1.13 bits per heavy atom. The van der Waals surface area contributed by atoms with Gasteiger partial charge in [0.15, 0.2) is 0 Å². The molecule has 0 fully saturated rings. The van der Waals surface area contributed by atoms with E-state index in [2.05, 4.69) is 214 Å². The molecule has 62 heavy (non-hydrogen) atoms. The zero-order valence-corrected chi connectivity index (χ0v) is 36.0. The Morgan fingerprint density at radius 1 is 0.516 bits per heavy atom. The number of benzene rings is 8. The van der Waals surface area contributed by atoms with E-state index in [1.807, 2.05) is 0 Å². The molecule has 0 bridgehead atoms. The normalized spacial score (nSPS) is 17.0. The van der Waals surface area contributed by atoms with Crippen LogP contribution in [0.15, 0.2) is 174 Å². The summed E-state index contributed by atoms with van der Waals surface area (Å²) >= 11 is 0. The molecule has 13 rings (SSSR count). The SMILES string of the molecule is Cc1cc2c(cc1N1c3cc4ccccc4c4c3B(c3oc5ccccc5c31)N1c3ccccc3C(c3ccccc3)(c3ccccc3)c3cccc-4c31)C(C)(C)CCC2(C)C. The highest BCUT2D eigenvalue weighted by atomic mass is 16.3. The summed E-state index contributed by atoms with van der Waals surface area (Å²) in [5.74, 6) is 0. The molecule has 4 aliphatic rings. The van der Waals surface area contributed by atoms with Crippen molar-refractivity contribution in [1.82, 2.24) is 0 Å². The first-order chi connectivity index (χ1) is 30.2. The van der Waals surface area contributed by atoms with Crippen molar-refractivity contribution in [2.45, 2.75) is 63.7 Å². The van der Waals surface area contributed by atoms with Crippen LogP contribution in [0.2, 0.25) is 0 Å². The van der Waals surface area contributed by atoms with Crippen LogP contribution in [0.5, 0.6) is 0 Å². The van der Waals surface area contributed by atoms with Crippen LogP contribution < -0.4 is 20.8 Å². The third-order valence-electron chi connectivity index (χ3n) is 15.2. The molecule has 0 saturated heterocycles. The van der Waals surface area contributed by atoms with E-state index in [-0.39, 0.29) is 17.7 Å². The first kappa shape index (κ1) is 35.9. The molecule has 4 heteroatoms. The maximum atomic E-state index is 7.39.